The van der Waals surface area contributed by atoms with Crippen LogP contribution in [0.25, 0.3) is 33.0 Å². The number of hydrogen-bond donors (Lipinski definition) is 6. The molecule has 15 heteroatoms. The molecule has 1 aliphatic rings. The van der Waals surface area contributed by atoms with E-state index < -0.39 is 61.8 Å². The lowest BCUT2D eigenvalue weighted by Gasteiger charge is -2.47. The topological polar surface area (TPSA) is 223 Å². The van der Waals surface area contributed by atoms with E-state index in [4.69, 9.17) is 28.6 Å². The quantitative estimate of drug-likeness (QED) is 0.0936. The molecule has 5 atom stereocenters. The van der Waals surface area contributed by atoms with Crippen molar-refractivity contribution in [2.75, 3.05) is 13.2 Å². The average Bonchev–Trinajstić information content (AvgIpc) is 3.63. The molecule has 0 amide bonds. The maximum absolute atomic E-state index is 13.2. The third kappa shape index (κ3) is 5.87. The maximum atomic E-state index is 13.2. The largest absolute Gasteiger partial charge is 0.508 e. The van der Waals surface area contributed by atoms with Crippen LogP contribution >= 0.6 is 0 Å². The minimum Gasteiger partial charge on any atom is -0.508 e. The van der Waals surface area contributed by atoms with Gasteiger partial charge in [0.05, 0.1) is 35.5 Å². The number of aliphatic carboxylic acids is 1. The molecule has 0 spiro atoms. The molecule has 3 aromatic heterocycles. The fraction of sp³-hybridized carbons (Fsp3) is 0.258. The Kier molecular flexibility index (Phi) is 8.14. The lowest BCUT2D eigenvalue weighted by Crippen LogP contribution is -2.72. The van der Waals surface area contributed by atoms with E-state index >= 15 is 0 Å². The fourth-order valence-corrected chi connectivity index (χ4v) is 5.21. The van der Waals surface area contributed by atoms with Crippen LogP contribution in [-0.4, -0.2) is 90.6 Å². The van der Waals surface area contributed by atoms with Gasteiger partial charge in [-0.1, -0.05) is 12.1 Å². The lowest BCUT2D eigenvalue weighted by atomic mass is 9.84. The number of carbonyl (C=O) groups is 2. The van der Waals surface area contributed by atoms with Crippen molar-refractivity contribution in [1.82, 2.24) is 9.71 Å². The van der Waals surface area contributed by atoms with Gasteiger partial charge in [0.15, 0.2) is 11.0 Å². The van der Waals surface area contributed by atoms with E-state index in [1.807, 2.05) is 0 Å². The number of carboxylic acids is 1. The Bertz CT molecular complexity index is 1920. The molecule has 15 nitrogen and oxygen atoms in total. The number of aromatic amines is 1. The van der Waals surface area contributed by atoms with Crippen LogP contribution in [0.2, 0.25) is 0 Å². The minimum absolute atomic E-state index is 0.0404. The number of aliphatic hydroxyl groups excluding tert-OH is 2. The summed E-state index contributed by atoms with van der Waals surface area (Å²) in [5.41, 5.74) is -1.19. The number of phenolic OH excluding ortho intramolecular Hbond substituents is 1. The van der Waals surface area contributed by atoms with Crippen molar-refractivity contribution in [2.45, 2.75) is 36.6 Å². The summed E-state index contributed by atoms with van der Waals surface area (Å²) in [6.45, 7) is -1.74. The SMILES string of the molecule is O=C(O)CC(=O)OC[C@@H]1O[C@H](Oc2ccc3c(=O)c(-c4ccc(O)cc4)coc3c2)[C@@H](On2cc3cc[nH]c3c2)[C@@](O)(CO)[C@H]1O. The Labute approximate surface area is 258 Å². The monoisotopic (exact) mass is 636 g/mol. The Morgan fingerprint density at radius 1 is 1.09 bits per heavy atom. The van der Waals surface area contributed by atoms with Crippen LogP contribution in [0.4, 0.5) is 0 Å². The van der Waals surface area contributed by atoms with E-state index in [0.717, 1.165) is 5.39 Å². The number of nitrogens with one attached hydrogen (secondary N) is 1. The van der Waals surface area contributed by atoms with Gasteiger partial charge in [0, 0.05) is 17.6 Å². The van der Waals surface area contributed by atoms with Crippen LogP contribution in [0.1, 0.15) is 6.42 Å². The van der Waals surface area contributed by atoms with Gasteiger partial charge in [-0.15, -0.1) is 0 Å². The average molecular weight is 637 g/mol. The predicted molar refractivity (Wildman–Crippen MR) is 157 cm³/mol. The number of fused-ring (bicyclic) bond motifs is 2. The third-order valence-electron chi connectivity index (χ3n) is 7.62. The number of esters is 1. The first-order chi connectivity index (χ1) is 22.0. The van der Waals surface area contributed by atoms with Crippen LogP contribution in [-0.2, 0) is 19.1 Å². The van der Waals surface area contributed by atoms with Gasteiger partial charge in [-0.25, -0.2) is 0 Å². The number of hydrogen-bond acceptors (Lipinski definition) is 12. The molecule has 0 aliphatic carbocycles. The molecule has 4 heterocycles. The second-order valence-electron chi connectivity index (χ2n) is 10.7. The summed E-state index contributed by atoms with van der Waals surface area (Å²) in [5, 5.41) is 52.3. The number of carboxylic acid groups (broad SMARTS) is 1. The number of phenols is 1. The number of aromatic nitrogens is 2. The Hall–Kier alpha value is -5.35. The zero-order chi connectivity index (χ0) is 32.6. The van der Waals surface area contributed by atoms with Crippen molar-refractivity contribution in [2.24, 2.45) is 0 Å². The molecular weight excluding hydrogens is 608 g/mol. The molecule has 0 unspecified atom stereocenters. The van der Waals surface area contributed by atoms with Gasteiger partial charge in [0.1, 0.15) is 48.6 Å². The summed E-state index contributed by atoms with van der Waals surface area (Å²) in [6, 6.07) is 12.1. The van der Waals surface area contributed by atoms with Gasteiger partial charge in [-0.2, -0.15) is 4.73 Å². The van der Waals surface area contributed by atoms with Crippen LogP contribution in [0.5, 0.6) is 11.5 Å². The molecule has 0 radical (unpaired) electrons. The van der Waals surface area contributed by atoms with E-state index in [1.54, 1.807) is 36.8 Å². The Morgan fingerprint density at radius 2 is 1.87 bits per heavy atom. The Morgan fingerprint density at radius 3 is 2.59 bits per heavy atom. The van der Waals surface area contributed by atoms with Gasteiger partial charge in [0.25, 0.3) is 0 Å². The third-order valence-corrected chi connectivity index (χ3v) is 7.62. The summed E-state index contributed by atoms with van der Waals surface area (Å²) in [7, 11) is 0. The molecule has 46 heavy (non-hydrogen) atoms. The van der Waals surface area contributed by atoms with Crippen LogP contribution < -0.4 is 15.0 Å². The number of aromatic hydroxyl groups is 1. The standard InChI is InChI=1S/C31H28N2O13/c34-15-31(41)28(40)24(14-43-26(38)10-25(36)37)45-30(29(31)46-33-11-17-7-8-32-22(17)12-33)44-19-5-6-20-23(9-19)42-13-21(27(20)39)16-1-3-18(35)4-2-16/h1-9,11-13,24,28-30,32,34-35,40-41H,10,14-15H2,(H,36,37)/t24-,28-,29+,30-,31+/m0/s1. The summed E-state index contributed by atoms with van der Waals surface area (Å²) >= 11 is 0. The first kappa shape index (κ1) is 30.7. The molecule has 240 valence electrons. The lowest BCUT2D eigenvalue weighted by molar-refractivity contribution is -0.328. The normalized spacial score (nSPS) is 22.9. The highest BCUT2D eigenvalue weighted by Gasteiger charge is 2.59. The van der Waals surface area contributed by atoms with E-state index in [9.17, 15) is 34.8 Å². The summed E-state index contributed by atoms with van der Waals surface area (Å²) in [4.78, 5) is 45.0. The van der Waals surface area contributed by atoms with Gasteiger partial charge in [-0.05, 0) is 35.9 Å². The molecule has 6 N–H and O–H groups in total. The summed E-state index contributed by atoms with van der Waals surface area (Å²) < 4.78 is 23.8. The summed E-state index contributed by atoms with van der Waals surface area (Å²) in [6.07, 6.45) is -1.43. The molecule has 6 rings (SSSR count). The highest BCUT2D eigenvalue weighted by atomic mass is 16.8. The molecule has 0 bridgehead atoms. The second kappa shape index (κ2) is 12.2. The number of benzene rings is 2. The number of rotatable bonds is 10. The first-order valence-corrected chi connectivity index (χ1v) is 13.9. The van der Waals surface area contributed by atoms with Crippen molar-refractivity contribution >= 4 is 33.8 Å². The first-order valence-electron chi connectivity index (χ1n) is 13.9. The van der Waals surface area contributed by atoms with Gasteiger partial charge in [-0.3, -0.25) is 14.4 Å². The Balaban J connectivity index is 1.32. The van der Waals surface area contributed by atoms with Crippen LogP contribution in [0, 0.1) is 0 Å². The molecule has 2 aromatic carbocycles. The van der Waals surface area contributed by atoms with Crippen molar-refractivity contribution in [3.05, 3.63) is 83.6 Å². The van der Waals surface area contributed by atoms with Crippen LogP contribution in [0.15, 0.2) is 82.6 Å². The number of carbonyl (C=O) groups excluding carboxylic acids is 1. The number of ether oxygens (including phenoxy) is 3. The predicted octanol–water partition coefficient (Wildman–Crippen LogP) is 1.15. The zero-order valence-corrected chi connectivity index (χ0v) is 23.8. The molecule has 1 aliphatic heterocycles. The van der Waals surface area contributed by atoms with E-state index in [0.29, 0.717) is 11.1 Å². The van der Waals surface area contributed by atoms with Crippen molar-refractivity contribution in [3.63, 3.8) is 0 Å². The van der Waals surface area contributed by atoms with E-state index in [-0.39, 0.29) is 33.5 Å². The second-order valence-corrected chi connectivity index (χ2v) is 10.7. The van der Waals surface area contributed by atoms with Crippen molar-refractivity contribution in [1.29, 1.82) is 0 Å². The number of H-pyrrole nitrogens is 1. The molecule has 1 fully saturated rings. The highest BCUT2D eigenvalue weighted by Crippen LogP contribution is 2.34. The van der Waals surface area contributed by atoms with Crippen molar-refractivity contribution < 1.29 is 58.6 Å². The van der Waals surface area contributed by atoms with E-state index in [2.05, 4.69) is 4.98 Å². The smallest absolute Gasteiger partial charge is 0.317 e. The number of aliphatic hydroxyl groups is 3. The fourth-order valence-electron chi connectivity index (χ4n) is 5.21. The molecule has 1 saturated heterocycles. The molecule has 0 saturated carbocycles. The van der Waals surface area contributed by atoms with Gasteiger partial charge >= 0.3 is 11.9 Å². The molecular formula is C31H28N2O13. The van der Waals surface area contributed by atoms with Crippen LogP contribution in [0.3, 0.4) is 0 Å². The number of nitrogens with zero attached hydrogens (tertiary/aromatic N) is 1. The minimum atomic E-state index is -2.45. The van der Waals surface area contributed by atoms with Gasteiger partial charge < -0.3 is 54.0 Å². The van der Waals surface area contributed by atoms with Crippen molar-refractivity contribution in [3.8, 4) is 22.6 Å². The highest BCUT2D eigenvalue weighted by molar-refractivity contribution is 5.90. The van der Waals surface area contributed by atoms with Gasteiger partial charge in [0.2, 0.25) is 12.4 Å². The molecule has 5 aromatic rings. The summed E-state index contributed by atoms with van der Waals surface area (Å²) in [5.74, 6) is -2.44. The zero-order valence-electron chi connectivity index (χ0n) is 23.8. The van der Waals surface area contributed by atoms with E-state index in [1.165, 1.54) is 41.3 Å². The maximum Gasteiger partial charge on any atom is 0.317 e.